The number of halogens is 1. The molecule has 1 saturated carbocycles. The highest BCUT2D eigenvalue weighted by atomic mass is 79.9. The first-order valence-corrected chi connectivity index (χ1v) is 10.7. The smallest absolute Gasteiger partial charge is 0.118 e. The molecular formula is C24H33BrN2O2. The van der Waals surface area contributed by atoms with Gasteiger partial charge in [-0.2, -0.15) is 0 Å². The summed E-state index contributed by atoms with van der Waals surface area (Å²) in [6.07, 6.45) is 7.62. The van der Waals surface area contributed by atoms with Gasteiger partial charge in [-0.15, -0.1) is 17.0 Å². The average Bonchev–Trinajstić information content (AvgIpc) is 2.74. The molecular weight excluding hydrogens is 428 g/mol. The van der Waals surface area contributed by atoms with Crippen molar-refractivity contribution in [1.82, 2.24) is 9.80 Å². The van der Waals surface area contributed by atoms with Gasteiger partial charge in [0.2, 0.25) is 0 Å². The molecule has 0 bridgehead atoms. The summed E-state index contributed by atoms with van der Waals surface area (Å²) in [7, 11) is 0. The predicted octanol–water partition coefficient (Wildman–Crippen LogP) is 4.91. The van der Waals surface area contributed by atoms with Crippen molar-refractivity contribution in [2.24, 2.45) is 0 Å². The van der Waals surface area contributed by atoms with E-state index in [0.717, 1.165) is 49.8 Å². The molecule has 1 aliphatic carbocycles. The Morgan fingerprint density at radius 1 is 0.862 bits per heavy atom. The standard InChI is InChI=1S/C24H32N2O2.BrH/c27-22-11-6-8-19(17-22)23(18-20-7-4-5-12-24(20)28)26-15-13-25(14-16-26)21-9-2-1-3-10-21;/h4-8,11-12,17,21,23,27-28H,1-3,9-10,13-16,18H2;1H. The zero-order valence-corrected chi connectivity index (χ0v) is 18.8. The zero-order chi connectivity index (χ0) is 19.3. The molecule has 4 rings (SSSR count). The normalized spacial score (nSPS) is 20.1. The number of hydrogen-bond acceptors (Lipinski definition) is 4. The fraction of sp³-hybridized carbons (Fsp3) is 0.500. The van der Waals surface area contributed by atoms with Gasteiger partial charge < -0.3 is 10.2 Å². The molecule has 0 radical (unpaired) electrons. The highest BCUT2D eigenvalue weighted by molar-refractivity contribution is 8.93. The minimum Gasteiger partial charge on any atom is -0.508 e. The summed E-state index contributed by atoms with van der Waals surface area (Å²) in [6.45, 7) is 4.29. The molecule has 1 saturated heterocycles. The highest BCUT2D eigenvalue weighted by Gasteiger charge is 2.29. The van der Waals surface area contributed by atoms with Gasteiger partial charge in [-0.1, -0.05) is 49.6 Å². The SMILES string of the molecule is Br.Oc1cccc(C(Cc2ccccc2O)N2CCN(C3CCCCC3)CC2)c1. The van der Waals surface area contributed by atoms with Crippen LogP contribution in [0.15, 0.2) is 48.5 Å². The van der Waals surface area contributed by atoms with Crippen molar-refractivity contribution in [3.8, 4) is 11.5 Å². The molecule has 5 heteroatoms. The van der Waals surface area contributed by atoms with Crippen LogP contribution in [0.4, 0.5) is 0 Å². The number of rotatable bonds is 5. The van der Waals surface area contributed by atoms with Gasteiger partial charge in [0, 0.05) is 38.3 Å². The molecule has 1 aliphatic heterocycles. The van der Waals surface area contributed by atoms with Crippen LogP contribution >= 0.6 is 17.0 Å². The molecule has 1 atom stereocenters. The zero-order valence-electron chi connectivity index (χ0n) is 17.0. The molecule has 2 fully saturated rings. The van der Waals surface area contributed by atoms with Gasteiger partial charge in [0.05, 0.1) is 0 Å². The minimum absolute atomic E-state index is 0. The minimum atomic E-state index is 0. The molecule has 2 aromatic carbocycles. The second-order valence-electron chi connectivity index (χ2n) is 8.31. The van der Waals surface area contributed by atoms with E-state index in [4.69, 9.17) is 0 Å². The molecule has 2 aliphatic rings. The lowest BCUT2D eigenvalue weighted by Gasteiger charge is -2.43. The van der Waals surface area contributed by atoms with E-state index in [1.165, 1.54) is 32.1 Å². The van der Waals surface area contributed by atoms with E-state index in [0.29, 0.717) is 11.5 Å². The van der Waals surface area contributed by atoms with Crippen LogP contribution in [0.25, 0.3) is 0 Å². The third-order valence-electron chi connectivity index (χ3n) is 6.54. The number of aromatic hydroxyl groups is 2. The molecule has 158 valence electrons. The fourth-order valence-electron chi connectivity index (χ4n) is 4.94. The van der Waals surface area contributed by atoms with E-state index in [9.17, 15) is 10.2 Å². The Bertz CT molecular complexity index is 771. The van der Waals surface area contributed by atoms with Crippen LogP contribution in [-0.2, 0) is 6.42 Å². The highest BCUT2D eigenvalue weighted by Crippen LogP contribution is 2.32. The van der Waals surface area contributed by atoms with Crippen molar-refractivity contribution < 1.29 is 10.2 Å². The fourth-order valence-corrected chi connectivity index (χ4v) is 4.94. The summed E-state index contributed by atoms with van der Waals surface area (Å²) in [5, 5.41) is 20.3. The second-order valence-corrected chi connectivity index (χ2v) is 8.31. The van der Waals surface area contributed by atoms with Gasteiger partial charge in [-0.3, -0.25) is 9.80 Å². The maximum Gasteiger partial charge on any atom is 0.118 e. The van der Waals surface area contributed by atoms with Crippen LogP contribution in [0.3, 0.4) is 0 Å². The van der Waals surface area contributed by atoms with E-state index >= 15 is 0 Å². The van der Waals surface area contributed by atoms with Gasteiger partial charge in [-0.05, 0) is 48.6 Å². The predicted molar refractivity (Wildman–Crippen MR) is 123 cm³/mol. The molecule has 1 heterocycles. The topological polar surface area (TPSA) is 46.9 Å². The van der Waals surface area contributed by atoms with Gasteiger partial charge in [0.15, 0.2) is 0 Å². The lowest BCUT2D eigenvalue weighted by Crippen LogP contribution is -2.51. The molecule has 0 amide bonds. The maximum atomic E-state index is 10.3. The lowest BCUT2D eigenvalue weighted by molar-refractivity contribution is 0.0558. The average molecular weight is 461 g/mol. The van der Waals surface area contributed by atoms with Crippen LogP contribution in [0.5, 0.6) is 11.5 Å². The lowest BCUT2D eigenvalue weighted by atomic mass is 9.93. The van der Waals surface area contributed by atoms with Crippen LogP contribution in [0, 0.1) is 0 Å². The number of benzene rings is 2. The summed E-state index contributed by atoms with van der Waals surface area (Å²) in [5.41, 5.74) is 2.08. The van der Waals surface area contributed by atoms with E-state index in [1.807, 2.05) is 30.3 Å². The Morgan fingerprint density at radius 2 is 1.59 bits per heavy atom. The van der Waals surface area contributed by atoms with Gasteiger partial charge in [-0.25, -0.2) is 0 Å². The van der Waals surface area contributed by atoms with Crippen molar-refractivity contribution in [2.75, 3.05) is 26.2 Å². The van der Waals surface area contributed by atoms with E-state index in [1.54, 1.807) is 12.1 Å². The third-order valence-corrected chi connectivity index (χ3v) is 6.54. The number of para-hydroxylation sites is 1. The Hall–Kier alpha value is -1.56. The summed E-state index contributed by atoms with van der Waals surface area (Å²) in [5.74, 6) is 0.661. The second kappa shape index (κ2) is 10.5. The van der Waals surface area contributed by atoms with Gasteiger partial charge in [0.1, 0.15) is 11.5 Å². The summed E-state index contributed by atoms with van der Waals surface area (Å²) < 4.78 is 0. The Morgan fingerprint density at radius 3 is 2.28 bits per heavy atom. The van der Waals surface area contributed by atoms with Crippen molar-refractivity contribution in [3.63, 3.8) is 0 Å². The quantitative estimate of drug-likeness (QED) is 0.665. The van der Waals surface area contributed by atoms with Crippen molar-refractivity contribution >= 4 is 17.0 Å². The van der Waals surface area contributed by atoms with Crippen LogP contribution in [0.2, 0.25) is 0 Å². The molecule has 1 unspecified atom stereocenters. The molecule has 0 aromatic heterocycles. The third kappa shape index (κ3) is 5.53. The van der Waals surface area contributed by atoms with Crippen LogP contribution in [0.1, 0.15) is 49.3 Å². The molecule has 2 N–H and O–H groups in total. The number of nitrogens with zero attached hydrogens (tertiary/aromatic N) is 2. The first-order valence-electron chi connectivity index (χ1n) is 10.7. The van der Waals surface area contributed by atoms with Crippen molar-refractivity contribution in [2.45, 2.75) is 50.6 Å². The maximum absolute atomic E-state index is 10.3. The first kappa shape index (κ1) is 22.1. The Labute approximate surface area is 184 Å². The number of phenolic OH excluding ortho intramolecular Hbond substituents is 2. The van der Waals surface area contributed by atoms with E-state index < -0.39 is 0 Å². The molecule has 4 nitrogen and oxygen atoms in total. The van der Waals surface area contributed by atoms with Gasteiger partial charge >= 0.3 is 0 Å². The van der Waals surface area contributed by atoms with Gasteiger partial charge in [0.25, 0.3) is 0 Å². The summed E-state index contributed by atoms with van der Waals surface area (Å²) >= 11 is 0. The Kier molecular flexibility index (Phi) is 7.99. The first-order chi connectivity index (χ1) is 13.7. The van der Waals surface area contributed by atoms with Crippen LogP contribution in [-0.4, -0.2) is 52.2 Å². The Balaban J connectivity index is 0.00000240. The summed E-state index contributed by atoms with van der Waals surface area (Å²) in [4.78, 5) is 5.22. The van der Waals surface area contributed by atoms with Crippen molar-refractivity contribution in [3.05, 3.63) is 59.7 Å². The molecule has 2 aromatic rings. The van der Waals surface area contributed by atoms with Crippen LogP contribution < -0.4 is 0 Å². The number of phenols is 2. The number of hydrogen-bond donors (Lipinski definition) is 2. The van der Waals surface area contributed by atoms with E-state index in [-0.39, 0.29) is 23.0 Å². The molecule has 29 heavy (non-hydrogen) atoms. The summed E-state index contributed by atoms with van der Waals surface area (Å²) in [6, 6.07) is 16.2. The monoisotopic (exact) mass is 460 g/mol. The van der Waals surface area contributed by atoms with E-state index in [2.05, 4.69) is 15.9 Å². The molecule has 0 spiro atoms. The largest absolute Gasteiger partial charge is 0.508 e. The number of piperazine rings is 1. The van der Waals surface area contributed by atoms with Crippen molar-refractivity contribution in [1.29, 1.82) is 0 Å².